The molecule has 0 spiro atoms. The molecule has 2 heteroatoms. The fourth-order valence-electron chi connectivity index (χ4n) is 3.68. The van der Waals surface area contributed by atoms with Gasteiger partial charge in [-0.25, -0.2) is 0 Å². The lowest BCUT2D eigenvalue weighted by molar-refractivity contribution is 0.575. The number of halogens is 1. The molecule has 0 radical (unpaired) electrons. The van der Waals surface area contributed by atoms with Crippen molar-refractivity contribution in [2.45, 2.75) is 68.6 Å². The smallest absolute Gasteiger partial charge is 0.0620 e. The van der Waals surface area contributed by atoms with Crippen molar-refractivity contribution < 1.29 is 0 Å². The first-order valence-electron chi connectivity index (χ1n) is 7.05. The summed E-state index contributed by atoms with van der Waals surface area (Å²) >= 11 is 2.61. The lowest BCUT2D eigenvalue weighted by atomic mass is 9.80. The van der Waals surface area contributed by atoms with Gasteiger partial charge in [-0.1, -0.05) is 43.4 Å². The van der Waals surface area contributed by atoms with E-state index in [0.717, 1.165) is 0 Å². The number of aromatic nitrogens is 1. The lowest BCUT2D eigenvalue weighted by Gasteiger charge is -2.27. The Kier molecular flexibility index (Phi) is 2.82. The third-order valence-electron chi connectivity index (χ3n) is 4.41. The summed E-state index contributed by atoms with van der Waals surface area (Å²) in [4.78, 5) is 5.05. The largest absolute Gasteiger partial charge is 0.256 e. The molecular formula is C16H22IN. The standard InChI is InChI=1S/C16H22IN/c1-15(2,3)13-10-6-5-7-12(10)18-14-11(13)8-9-16(14,4)17/h5-9H2,1-4H3. The van der Waals surface area contributed by atoms with Crippen molar-refractivity contribution in [3.8, 4) is 0 Å². The van der Waals surface area contributed by atoms with Crippen molar-refractivity contribution in [1.29, 1.82) is 0 Å². The zero-order valence-electron chi connectivity index (χ0n) is 11.9. The average Bonchev–Trinajstić information content (AvgIpc) is 2.79. The molecule has 0 bridgehead atoms. The molecular weight excluding hydrogens is 333 g/mol. The number of aryl methyl sites for hydroxylation is 1. The van der Waals surface area contributed by atoms with Gasteiger partial charge in [0.2, 0.25) is 0 Å². The topological polar surface area (TPSA) is 12.9 Å². The number of pyridine rings is 1. The molecule has 0 N–H and O–H groups in total. The number of hydrogen-bond donors (Lipinski definition) is 0. The van der Waals surface area contributed by atoms with E-state index in [9.17, 15) is 0 Å². The minimum Gasteiger partial charge on any atom is -0.256 e. The molecule has 1 heterocycles. The van der Waals surface area contributed by atoms with E-state index in [4.69, 9.17) is 4.98 Å². The van der Waals surface area contributed by atoms with Crippen LogP contribution in [0.3, 0.4) is 0 Å². The Labute approximate surface area is 124 Å². The predicted octanol–water partition coefficient (Wildman–Crippen LogP) is 4.46. The highest BCUT2D eigenvalue weighted by molar-refractivity contribution is 14.1. The van der Waals surface area contributed by atoms with Crippen LogP contribution in [0.25, 0.3) is 0 Å². The van der Waals surface area contributed by atoms with E-state index in [-0.39, 0.29) is 8.84 Å². The van der Waals surface area contributed by atoms with Crippen LogP contribution in [0.4, 0.5) is 0 Å². The van der Waals surface area contributed by atoms with Crippen molar-refractivity contribution in [1.82, 2.24) is 4.98 Å². The first-order chi connectivity index (χ1) is 8.31. The molecule has 0 aromatic carbocycles. The van der Waals surface area contributed by atoms with Crippen LogP contribution in [0.2, 0.25) is 0 Å². The van der Waals surface area contributed by atoms with E-state index in [0.29, 0.717) is 0 Å². The van der Waals surface area contributed by atoms with E-state index in [2.05, 4.69) is 50.3 Å². The molecule has 98 valence electrons. The molecule has 0 amide bonds. The van der Waals surface area contributed by atoms with Crippen LogP contribution in [0.15, 0.2) is 0 Å². The summed E-state index contributed by atoms with van der Waals surface area (Å²) in [7, 11) is 0. The van der Waals surface area contributed by atoms with Crippen molar-refractivity contribution in [3.05, 3.63) is 28.1 Å². The summed E-state index contributed by atoms with van der Waals surface area (Å²) in [5.74, 6) is 0. The normalized spacial score (nSPS) is 26.3. The molecule has 0 fully saturated rings. The van der Waals surface area contributed by atoms with Crippen molar-refractivity contribution >= 4 is 22.6 Å². The van der Waals surface area contributed by atoms with Gasteiger partial charge in [0.1, 0.15) is 0 Å². The average molecular weight is 355 g/mol. The second-order valence-electron chi connectivity index (χ2n) is 7.04. The summed E-state index contributed by atoms with van der Waals surface area (Å²) in [5, 5.41) is 0. The van der Waals surface area contributed by atoms with E-state index in [1.165, 1.54) is 43.5 Å². The Balaban J connectivity index is 2.31. The molecule has 1 aromatic heterocycles. The number of alkyl halides is 1. The molecule has 1 unspecified atom stereocenters. The molecule has 1 atom stereocenters. The second-order valence-corrected chi connectivity index (χ2v) is 9.42. The quantitative estimate of drug-likeness (QED) is 0.495. The van der Waals surface area contributed by atoms with E-state index < -0.39 is 0 Å². The van der Waals surface area contributed by atoms with Gasteiger partial charge in [0.25, 0.3) is 0 Å². The zero-order chi connectivity index (χ0) is 13.1. The minimum atomic E-state index is 0.255. The first-order valence-corrected chi connectivity index (χ1v) is 8.13. The van der Waals surface area contributed by atoms with Crippen LogP contribution in [-0.2, 0) is 28.1 Å². The SMILES string of the molecule is CC(C)(C)c1c2c(nc3c1CCC3(C)I)CCC2. The van der Waals surface area contributed by atoms with Crippen LogP contribution < -0.4 is 0 Å². The van der Waals surface area contributed by atoms with Gasteiger partial charge in [-0.3, -0.25) is 4.98 Å². The van der Waals surface area contributed by atoms with Gasteiger partial charge in [-0.15, -0.1) is 0 Å². The van der Waals surface area contributed by atoms with Gasteiger partial charge in [0, 0.05) is 5.69 Å². The Bertz CT molecular complexity index is 509. The summed E-state index contributed by atoms with van der Waals surface area (Å²) in [6.45, 7) is 9.44. The van der Waals surface area contributed by atoms with Gasteiger partial charge in [-0.2, -0.15) is 0 Å². The molecule has 2 aliphatic rings. The third kappa shape index (κ3) is 1.83. The Morgan fingerprint density at radius 3 is 2.50 bits per heavy atom. The van der Waals surface area contributed by atoms with Crippen LogP contribution in [-0.4, -0.2) is 4.98 Å². The summed E-state index contributed by atoms with van der Waals surface area (Å²) in [5.41, 5.74) is 7.88. The fourth-order valence-corrected chi connectivity index (χ4v) is 4.40. The molecule has 0 saturated carbocycles. The number of nitrogens with zero attached hydrogens (tertiary/aromatic N) is 1. The van der Waals surface area contributed by atoms with E-state index >= 15 is 0 Å². The summed E-state index contributed by atoms with van der Waals surface area (Å²) in [6, 6.07) is 0. The van der Waals surface area contributed by atoms with Gasteiger partial charge in [0.15, 0.2) is 0 Å². The van der Waals surface area contributed by atoms with Gasteiger partial charge < -0.3 is 0 Å². The van der Waals surface area contributed by atoms with E-state index in [1.807, 2.05) is 0 Å². The second kappa shape index (κ2) is 3.94. The number of rotatable bonds is 0. The number of fused-ring (bicyclic) bond motifs is 2. The molecule has 2 aliphatic carbocycles. The molecule has 1 nitrogen and oxygen atoms in total. The number of hydrogen-bond acceptors (Lipinski definition) is 1. The first kappa shape index (κ1) is 12.9. The maximum Gasteiger partial charge on any atom is 0.0620 e. The maximum atomic E-state index is 5.05. The fraction of sp³-hybridized carbons (Fsp3) is 0.688. The van der Waals surface area contributed by atoms with Crippen LogP contribution >= 0.6 is 22.6 Å². The van der Waals surface area contributed by atoms with Crippen molar-refractivity contribution in [2.24, 2.45) is 0 Å². The summed E-state index contributed by atoms with van der Waals surface area (Å²) < 4.78 is 0.255. The highest BCUT2D eigenvalue weighted by Gasteiger charge is 2.39. The molecule has 18 heavy (non-hydrogen) atoms. The lowest BCUT2D eigenvalue weighted by Crippen LogP contribution is -2.20. The zero-order valence-corrected chi connectivity index (χ0v) is 14.0. The Morgan fingerprint density at radius 1 is 1.11 bits per heavy atom. The molecule has 1 aromatic rings. The molecule has 3 rings (SSSR count). The molecule has 0 saturated heterocycles. The minimum absolute atomic E-state index is 0.255. The predicted molar refractivity (Wildman–Crippen MR) is 84.7 cm³/mol. The van der Waals surface area contributed by atoms with E-state index in [1.54, 1.807) is 16.7 Å². The van der Waals surface area contributed by atoms with Gasteiger partial charge in [-0.05, 0) is 61.1 Å². The highest BCUT2D eigenvalue weighted by atomic mass is 127. The van der Waals surface area contributed by atoms with Crippen molar-refractivity contribution in [2.75, 3.05) is 0 Å². The van der Waals surface area contributed by atoms with Gasteiger partial charge >= 0.3 is 0 Å². The van der Waals surface area contributed by atoms with Crippen LogP contribution in [0.1, 0.15) is 68.6 Å². The van der Waals surface area contributed by atoms with Crippen molar-refractivity contribution in [3.63, 3.8) is 0 Å². The summed E-state index contributed by atoms with van der Waals surface area (Å²) in [6.07, 6.45) is 6.22. The highest BCUT2D eigenvalue weighted by Crippen LogP contribution is 2.48. The molecule has 0 aliphatic heterocycles. The van der Waals surface area contributed by atoms with Crippen LogP contribution in [0.5, 0.6) is 0 Å². The monoisotopic (exact) mass is 355 g/mol. The third-order valence-corrected chi connectivity index (χ3v) is 5.46. The Hall–Kier alpha value is -0.120. The van der Waals surface area contributed by atoms with Gasteiger partial charge in [0.05, 0.1) is 9.12 Å². The Morgan fingerprint density at radius 2 is 1.83 bits per heavy atom. The van der Waals surface area contributed by atoms with Crippen LogP contribution in [0, 0.1) is 0 Å². The maximum absolute atomic E-state index is 5.05.